The monoisotopic (exact) mass is 380 g/mol. The molecule has 0 saturated heterocycles. The zero-order valence-corrected chi connectivity index (χ0v) is 18.1. The van der Waals surface area contributed by atoms with Gasteiger partial charge >= 0.3 is 0 Å². The summed E-state index contributed by atoms with van der Waals surface area (Å²) in [5, 5.41) is 4.47. The van der Waals surface area contributed by atoms with Gasteiger partial charge in [0.05, 0.1) is 5.69 Å². The Morgan fingerprint density at radius 1 is 1.11 bits per heavy atom. The molecule has 0 spiro atoms. The lowest BCUT2D eigenvalue weighted by molar-refractivity contribution is -0.137. The third-order valence-electron chi connectivity index (χ3n) is 9.60. The molecule has 1 aromatic rings. The quantitative estimate of drug-likeness (QED) is 0.584. The van der Waals surface area contributed by atoms with Gasteiger partial charge in [0.15, 0.2) is 5.78 Å². The number of rotatable bonds is 1. The van der Waals surface area contributed by atoms with Crippen molar-refractivity contribution in [2.24, 2.45) is 41.5 Å². The Hall–Kier alpha value is -1.38. The van der Waals surface area contributed by atoms with Crippen LogP contribution in [0.15, 0.2) is 11.8 Å². The van der Waals surface area contributed by atoms with Crippen molar-refractivity contribution in [3.8, 4) is 0 Å². The molecule has 4 aliphatic carbocycles. The first-order valence-corrected chi connectivity index (χ1v) is 11.6. The summed E-state index contributed by atoms with van der Waals surface area (Å²) in [4.78, 5) is 13.5. The van der Waals surface area contributed by atoms with Crippen molar-refractivity contribution < 1.29 is 4.79 Å². The minimum absolute atomic E-state index is 0.124. The van der Waals surface area contributed by atoms with Crippen molar-refractivity contribution in [1.29, 1.82) is 0 Å². The van der Waals surface area contributed by atoms with Gasteiger partial charge in [-0.2, -0.15) is 5.10 Å². The second-order valence-corrected chi connectivity index (χ2v) is 10.9. The molecular weight excluding hydrogens is 344 g/mol. The van der Waals surface area contributed by atoms with E-state index in [9.17, 15) is 4.79 Å². The Morgan fingerprint density at radius 3 is 2.68 bits per heavy atom. The van der Waals surface area contributed by atoms with Gasteiger partial charge < -0.3 is 0 Å². The van der Waals surface area contributed by atoms with Crippen molar-refractivity contribution in [3.63, 3.8) is 0 Å². The van der Waals surface area contributed by atoms with Gasteiger partial charge in [-0.1, -0.05) is 26.7 Å². The van der Waals surface area contributed by atoms with Crippen molar-refractivity contribution >= 4 is 11.9 Å². The summed E-state index contributed by atoms with van der Waals surface area (Å²) in [7, 11) is 1.96. The van der Waals surface area contributed by atoms with E-state index in [2.05, 4.69) is 31.2 Å². The second kappa shape index (κ2) is 6.31. The van der Waals surface area contributed by atoms with Gasteiger partial charge in [0, 0.05) is 24.2 Å². The van der Waals surface area contributed by atoms with E-state index in [1.807, 2.05) is 18.7 Å². The fraction of sp³-hybridized carbons (Fsp3) is 0.760. The molecule has 0 unspecified atom stereocenters. The summed E-state index contributed by atoms with van der Waals surface area (Å²) < 4.78 is 1.86. The highest BCUT2D eigenvalue weighted by molar-refractivity contribution is 6.06. The molecule has 0 N–H and O–H groups in total. The molecule has 5 rings (SSSR count). The predicted molar refractivity (Wildman–Crippen MR) is 113 cm³/mol. The topological polar surface area (TPSA) is 34.9 Å². The van der Waals surface area contributed by atoms with E-state index in [1.54, 1.807) is 0 Å². The fourth-order valence-electron chi connectivity index (χ4n) is 8.04. The number of Topliss-reactive ketones (excluding diaryl/α,β-unsaturated/α-hetero) is 1. The van der Waals surface area contributed by atoms with Crippen LogP contribution in [0.5, 0.6) is 0 Å². The molecule has 4 aliphatic rings. The van der Waals surface area contributed by atoms with Gasteiger partial charge in [-0.05, 0) is 92.6 Å². The number of allylic oxidation sites excluding steroid dienone is 1. The van der Waals surface area contributed by atoms with E-state index < -0.39 is 0 Å². The highest BCUT2D eigenvalue weighted by Gasteiger charge is 2.60. The van der Waals surface area contributed by atoms with Gasteiger partial charge in [0.25, 0.3) is 0 Å². The van der Waals surface area contributed by atoms with Crippen molar-refractivity contribution in [2.75, 3.05) is 0 Å². The minimum atomic E-state index is -0.124. The molecular formula is C25H36N2O. The molecule has 152 valence electrons. The minimum Gasteiger partial charge on any atom is -0.294 e. The maximum Gasteiger partial charge on any atom is 0.165 e. The van der Waals surface area contributed by atoms with Crippen LogP contribution in [0.1, 0.15) is 82.9 Å². The van der Waals surface area contributed by atoms with Gasteiger partial charge in [0.2, 0.25) is 0 Å². The van der Waals surface area contributed by atoms with Crippen LogP contribution in [-0.4, -0.2) is 15.6 Å². The third kappa shape index (κ3) is 2.53. The standard InChI is InChI=1S/C25H36N2O/c1-16-18(15-27(4)26-16)13-17-14-22-20-9-8-19-7-5-6-11-24(19,2)21(20)10-12-25(22,3)23(17)28/h13,15,19-22H,5-12,14H2,1-4H3/b17-13+/t19-,20+,21-,22-,24+,25+/m1/s1. The number of carbonyl (C=O) groups excluding carboxylic acids is 1. The Morgan fingerprint density at radius 2 is 1.93 bits per heavy atom. The Balaban J connectivity index is 1.47. The number of aromatic nitrogens is 2. The maximum atomic E-state index is 13.5. The maximum absolute atomic E-state index is 13.5. The van der Waals surface area contributed by atoms with Crippen LogP contribution in [0, 0.1) is 41.4 Å². The Labute approximate surface area is 170 Å². The van der Waals surface area contributed by atoms with Crippen LogP contribution >= 0.6 is 0 Å². The Kier molecular flexibility index (Phi) is 4.20. The number of hydrogen-bond acceptors (Lipinski definition) is 2. The highest BCUT2D eigenvalue weighted by atomic mass is 16.1. The van der Waals surface area contributed by atoms with Crippen LogP contribution in [-0.2, 0) is 11.8 Å². The Bertz CT molecular complexity index is 836. The molecule has 4 fully saturated rings. The lowest BCUT2D eigenvalue weighted by Gasteiger charge is -2.59. The highest BCUT2D eigenvalue weighted by Crippen LogP contribution is 2.66. The molecule has 0 bridgehead atoms. The van der Waals surface area contributed by atoms with E-state index in [0.717, 1.165) is 47.4 Å². The fourth-order valence-corrected chi connectivity index (χ4v) is 8.04. The van der Waals surface area contributed by atoms with E-state index >= 15 is 0 Å². The van der Waals surface area contributed by atoms with Gasteiger partial charge in [-0.25, -0.2) is 0 Å². The summed E-state index contributed by atoms with van der Waals surface area (Å²) in [6.45, 7) is 6.95. The van der Waals surface area contributed by atoms with Crippen LogP contribution in [0.25, 0.3) is 6.08 Å². The summed E-state index contributed by atoms with van der Waals surface area (Å²) in [6.07, 6.45) is 16.1. The predicted octanol–water partition coefficient (Wildman–Crippen LogP) is 5.72. The summed E-state index contributed by atoms with van der Waals surface area (Å²) >= 11 is 0. The number of ketones is 1. The second-order valence-electron chi connectivity index (χ2n) is 10.9. The van der Waals surface area contributed by atoms with Gasteiger partial charge in [-0.3, -0.25) is 9.48 Å². The third-order valence-corrected chi connectivity index (χ3v) is 9.60. The first-order chi connectivity index (χ1) is 13.3. The first-order valence-electron chi connectivity index (χ1n) is 11.6. The number of hydrogen-bond donors (Lipinski definition) is 0. The molecule has 28 heavy (non-hydrogen) atoms. The summed E-state index contributed by atoms with van der Waals surface area (Å²) in [5.74, 6) is 3.54. The zero-order valence-electron chi connectivity index (χ0n) is 18.1. The van der Waals surface area contributed by atoms with Crippen LogP contribution in [0.3, 0.4) is 0 Å². The van der Waals surface area contributed by atoms with Gasteiger partial charge in [-0.15, -0.1) is 0 Å². The number of aryl methyl sites for hydroxylation is 2. The molecule has 0 aliphatic heterocycles. The van der Waals surface area contributed by atoms with Crippen LogP contribution < -0.4 is 0 Å². The molecule has 4 saturated carbocycles. The number of nitrogens with zero attached hydrogens (tertiary/aromatic N) is 2. The van der Waals surface area contributed by atoms with Crippen molar-refractivity contribution in [2.45, 2.75) is 78.6 Å². The normalized spacial score (nSPS) is 44.3. The van der Waals surface area contributed by atoms with Crippen LogP contribution in [0.4, 0.5) is 0 Å². The van der Waals surface area contributed by atoms with Crippen LogP contribution in [0.2, 0.25) is 0 Å². The summed E-state index contributed by atoms with van der Waals surface area (Å²) in [6, 6.07) is 0. The molecule has 0 amide bonds. The van der Waals surface area contributed by atoms with E-state index in [0.29, 0.717) is 17.1 Å². The van der Waals surface area contributed by atoms with E-state index in [1.165, 1.54) is 44.9 Å². The first kappa shape index (κ1) is 18.6. The summed E-state index contributed by atoms with van der Waals surface area (Å²) in [5.41, 5.74) is 3.63. The number of carbonyl (C=O) groups is 1. The number of fused-ring (bicyclic) bond motifs is 5. The van der Waals surface area contributed by atoms with Gasteiger partial charge in [0.1, 0.15) is 0 Å². The lowest BCUT2D eigenvalue weighted by atomic mass is 9.45. The molecule has 1 aromatic heterocycles. The smallest absolute Gasteiger partial charge is 0.165 e. The molecule has 0 aromatic carbocycles. The van der Waals surface area contributed by atoms with E-state index in [-0.39, 0.29) is 5.41 Å². The largest absolute Gasteiger partial charge is 0.294 e. The lowest BCUT2D eigenvalue weighted by Crippen LogP contribution is -2.52. The molecule has 3 heteroatoms. The molecule has 3 nitrogen and oxygen atoms in total. The average molecular weight is 381 g/mol. The van der Waals surface area contributed by atoms with Crippen molar-refractivity contribution in [3.05, 3.63) is 23.0 Å². The SMILES string of the molecule is Cc1nn(C)cc1/C=C1\C[C@@H]2[C@H]3CC[C@H]4CCCC[C@]4(C)[C@@H]3CC[C@]2(C)C1=O. The van der Waals surface area contributed by atoms with Crippen molar-refractivity contribution in [1.82, 2.24) is 9.78 Å². The molecule has 1 heterocycles. The molecule has 0 radical (unpaired) electrons. The molecule has 6 atom stereocenters. The zero-order chi connectivity index (χ0) is 19.7. The average Bonchev–Trinajstić information content (AvgIpc) is 3.11. The van der Waals surface area contributed by atoms with E-state index in [4.69, 9.17) is 0 Å².